The second kappa shape index (κ2) is 11.6. The zero-order valence-corrected chi connectivity index (χ0v) is 8.01. The number of hydrogen-bond acceptors (Lipinski definition) is 5. The lowest BCUT2D eigenvalue weighted by Crippen LogP contribution is -2.00. The van der Waals surface area contributed by atoms with E-state index in [1.807, 2.05) is 0 Å². The topological polar surface area (TPSA) is 110 Å². The van der Waals surface area contributed by atoms with Crippen LogP contribution in [0, 0.1) is 10.1 Å². The van der Waals surface area contributed by atoms with Gasteiger partial charge in [0.15, 0.2) is 0 Å². The number of unbranched alkanes of at least 4 members (excludes halogenated alkanes) is 2. The fourth-order valence-electron chi connectivity index (χ4n) is 0.607. The van der Waals surface area contributed by atoms with Gasteiger partial charge in [0.05, 0.1) is 6.61 Å². The highest BCUT2D eigenvalue weighted by molar-refractivity contribution is 5.65. The number of aliphatic hydroxyl groups excluding tert-OH is 1. The van der Waals surface area contributed by atoms with E-state index < -0.39 is 5.09 Å². The molecule has 0 atom stereocenters. The van der Waals surface area contributed by atoms with Crippen LogP contribution >= 0.6 is 0 Å². The van der Waals surface area contributed by atoms with E-state index in [0.717, 1.165) is 19.3 Å². The fourth-order valence-corrected chi connectivity index (χ4v) is 0.607. The SMILES string of the molecule is CC(=O)OCCCCCO.O=[N+]([O-])O. The minimum absolute atomic E-state index is 0.222. The van der Waals surface area contributed by atoms with Crippen LogP contribution in [0.1, 0.15) is 26.2 Å². The monoisotopic (exact) mass is 209 g/mol. The largest absolute Gasteiger partial charge is 0.466 e. The van der Waals surface area contributed by atoms with Gasteiger partial charge in [0.25, 0.3) is 5.09 Å². The van der Waals surface area contributed by atoms with Gasteiger partial charge in [0, 0.05) is 13.5 Å². The predicted octanol–water partition coefficient (Wildman–Crippen LogP) is 0.364. The zero-order chi connectivity index (χ0) is 11.4. The summed E-state index contributed by atoms with van der Waals surface area (Å²) < 4.78 is 4.67. The van der Waals surface area contributed by atoms with Crippen molar-refractivity contribution in [3.8, 4) is 0 Å². The third-order valence-electron chi connectivity index (χ3n) is 1.11. The first-order valence-corrected chi connectivity index (χ1v) is 4.08. The summed E-state index contributed by atoms with van der Waals surface area (Å²) >= 11 is 0. The maximum absolute atomic E-state index is 10.2. The molecule has 0 saturated heterocycles. The van der Waals surface area contributed by atoms with Crippen molar-refractivity contribution in [2.75, 3.05) is 13.2 Å². The van der Waals surface area contributed by atoms with E-state index in [-0.39, 0.29) is 12.6 Å². The Morgan fingerprint density at radius 2 is 1.93 bits per heavy atom. The van der Waals surface area contributed by atoms with Gasteiger partial charge in [-0.3, -0.25) is 4.79 Å². The number of ether oxygens (including phenoxy) is 1. The summed E-state index contributed by atoms with van der Waals surface area (Å²) in [6.07, 6.45) is 2.56. The molecule has 2 N–H and O–H groups in total. The van der Waals surface area contributed by atoms with Crippen molar-refractivity contribution in [2.45, 2.75) is 26.2 Å². The first-order chi connectivity index (χ1) is 6.50. The quantitative estimate of drug-likeness (QED) is 0.293. The molecule has 7 nitrogen and oxygen atoms in total. The molecule has 0 fully saturated rings. The van der Waals surface area contributed by atoms with Crippen molar-refractivity contribution in [1.82, 2.24) is 0 Å². The molecule has 0 rings (SSSR count). The molecule has 0 aliphatic carbocycles. The summed E-state index contributed by atoms with van der Waals surface area (Å²) in [5, 5.41) is 22.0. The van der Waals surface area contributed by atoms with Crippen molar-refractivity contribution in [2.24, 2.45) is 0 Å². The molecule has 0 aromatic carbocycles. The van der Waals surface area contributed by atoms with Crippen LogP contribution in [0.4, 0.5) is 0 Å². The summed E-state index contributed by atoms with van der Waals surface area (Å²) in [6.45, 7) is 2.10. The van der Waals surface area contributed by atoms with E-state index >= 15 is 0 Å². The Hall–Kier alpha value is -1.37. The second-order valence-corrected chi connectivity index (χ2v) is 2.36. The van der Waals surface area contributed by atoms with Gasteiger partial charge in [0.2, 0.25) is 0 Å². The lowest BCUT2D eigenvalue weighted by atomic mass is 10.2. The van der Waals surface area contributed by atoms with Crippen LogP contribution in [-0.2, 0) is 9.53 Å². The number of hydrogen-bond donors (Lipinski definition) is 2. The summed E-state index contributed by atoms with van der Waals surface area (Å²) in [4.78, 5) is 18.6. The van der Waals surface area contributed by atoms with Crippen LogP contribution in [-0.4, -0.2) is 34.6 Å². The highest BCUT2D eigenvalue weighted by Crippen LogP contribution is 1.94. The van der Waals surface area contributed by atoms with Crippen LogP contribution in [0.15, 0.2) is 0 Å². The van der Waals surface area contributed by atoms with Crippen molar-refractivity contribution in [3.05, 3.63) is 10.1 Å². The number of rotatable bonds is 5. The average Bonchev–Trinajstić information content (AvgIpc) is 2.02. The zero-order valence-electron chi connectivity index (χ0n) is 8.01. The molecule has 84 valence electrons. The van der Waals surface area contributed by atoms with E-state index in [1.54, 1.807) is 0 Å². The molecule has 0 aliphatic heterocycles. The molecular formula is C7H15NO6. The Kier molecular flexibility index (Phi) is 12.6. The molecule has 0 amide bonds. The molecule has 0 saturated carbocycles. The van der Waals surface area contributed by atoms with Gasteiger partial charge in [-0.05, 0) is 19.3 Å². The molecule has 0 aromatic rings. The van der Waals surface area contributed by atoms with E-state index in [9.17, 15) is 4.79 Å². The molecule has 0 aromatic heterocycles. The van der Waals surface area contributed by atoms with Crippen molar-refractivity contribution < 1.29 is 24.9 Å². The second-order valence-electron chi connectivity index (χ2n) is 2.36. The smallest absolute Gasteiger partial charge is 0.302 e. The first-order valence-electron chi connectivity index (χ1n) is 4.08. The van der Waals surface area contributed by atoms with Crippen LogP contribution in [0.5, 0.6) is 0 Å². The number of aliphatic hydroxyl groups is 1. The molecule has 7 heteroatoms. The number of nitrogens with zero attached hydrogens (tertiary/aromatic N) is 1. The molecule has 0 spiro atoms. The summed E-state index contributed by atoms with van der Waals surface area (Å²) in [6, 6.07) is 0. The standard InChI is InChI=1S/C7H14O3.HNO3/c1-7(9)10-6-4-2-3-5-8;2-1(3)4/h8H,2-6H2,1H3;(H,2,3,4). The Bertz CT molecular complexity index is 156. The first kappa shape index (κ1) is 15.1. The van der Waals surface area contributed by atoms with Crippen LogP contribution < -0.4 is 0 Å². The Labute approximate surface area is 81.4 Å². The lowest BCUT2D eigenvalue weighted by molar-refractivity contribution is -0.742. The molecule has 0 unspecified atom stereocenters. The molecule has 0 aliphatic rings. The number of carbonyl (C=O) groups is 1. The highest BCUT2D eigenvalue weighted by atomic mass is 16.9. The Morgan fingerprint density at radius 1 is 1.43 bits per heavy atom. The van der Waals surface area contributed by atoms with Crippen molar-refractivity contribution in [1.29, 1.82) is 0 Å². The summed E-state index contributed by atoms with van der Waals surface area (Å²) in [5.41, 5.74) is 0. The van der Waals surface area contributed by atoms with Gasteiger partial charge in [-0.2, -0.15) is 0 Å². The average molecular weight is 209 g/mol. The summed E-state index contributed by atoms with van der Waals surface area (Å²) in [5.74, 6) is -0.232. The van der Waals surface area contributed by atoms with Crippen LogP contribution in [0.3, 0.4) is 0 Å². The third kappa shape index (κ3) is 31.1. The van der Waals surface area contributed by atoms with Gasteiger partial charge in [-0.15, -0.1) is 10.1 Å². The Morgan fingerprint density at radius 3 is 2.29 bits per heavy atom. The highest BCUT2D eigenvalue weighted by Gasteiger charge is 1.91. The van der Waals surface area contributed by atoms with E-state index in [2.05, 4.69) is 4.74 Å². The Balaban J connectivity index is 0. The van der Waals surface area contributed by atoms with Gasteiger partial charge < -0.3 is 15.1 Å². The molecule has 0 bridgehead atoms. The van der Waals surface area contributed by atoms with E-state index in [4.69, 9.17) is 20.4 Å². The minimum Gasteiger partial charge on any atom is -0.466 e. The van der Waals surface area contributed by atoms with Crippen LogP contribution in [0.2, 0.25) is 0 Å². The minimum atomic E-state index is -1.50. The van der Waals surface area contributed by atoms with Gasteiger partial charge in [-0.1, -0.05) is 0 Å². The number of carbonyl (C=O) groups excluding carboxylic acids is 1. The van der Waals surface area contributed by atoms with Crippen molar-refractivity contribution in [3.63, 3.8) is 0 Å². The van der Waals surface area contributed by atoms with Gasteiger partial charge in [-0.25, -0.2) is 0 Å². The van der Waals surface area contributed by atoms with Crippen molar-refractivity contribution >= 4 is 5.97 Å². The number of esters is 1. The molecule has 14 heavy (non-hydrogen) atoms. The predicted molar refractivity (Wildman–Crippen MR) is 46.4 cm³/mol. The fraction of sp³-hybridized carbons (Fsp3) is 0.857. The molecule has 0 heterocycles. The van der Waals surface area contributed by atoms with E-state index in [1.165, 1.54) is 6.92 Å². The third-order valence-corrected chi connectivity index (χ3v) is 1.11. The maximum atomic E-state index is 10.2. The normalized spacial score (nSPS) is 8.43. The summed E-state index contributed by atoms with van der Waals surface area (Å²) in [7, 11) is 0. The van der Waals surface area contributed by atoms with Gasteiger partial charge >= 0.3 is 5.97 Å². The van der Waals surface area contributed by atoms with E-state index in [0.29, 0.717) is 6.61 Å². The maximum Gasteiger partial charge on any atom is 0.302 e. The lowest BCUT2D eigenvalue weighted by Gasteiger charge is -1.99. The van der Waals surface area contributed by atoms with Crippen LogP contribution in [0.25, 0.3) is 0 Å². The van der Waals surface area contributed by atoms with Gasteiger partial charge in [0.1, 0.15) is 0 Å². The molecule has 0 radical (unpaired) electrons. The molecular weight excluding hydrogens is 194 g/mol.